The molecule has 0 bridgehead atoms. The summed E-state index contributed by atoms with van der Waals surface area (Å²) in [5, 5.41) is 5.30. The summed E-state index contributed by atoms with van der Waals surface area (Å²) in [4.78, 5) is 15.7. The first kappa shape index (κ1) is 11.9. The van der Waals surface area contributed by atoms with E-state index in [4.69, 9.17) is 0 Å². The average molecular weight is 224 g/mol. The molecule has 1 aromatic rings. The Balaban J connectivity index is 2.78. The van der Waals surface area contributed by atoms with Gasteiger partial charge in [-0.1, -0.05) is 27.4 Å². The van der Waals surface area contributed by atoms with Crippen molar-refractivity contribution < 1.29 is 4.79 Å². The van der Waals surface area contributed by atoms with Crippen molar-refractivity contribution in [1.29, 1.82) is 0 Å². The maximum Gasteiger partial charge on any atom is 0.252 e. The van der Waals surface area contributed by atoms with E-state index in [1.165, 1.54) is 11.3 Å². The van der Waals surface area contributed by atoms with Crippen molar-refractivity contribution in [3.63, 3.8) is 0 Å². The molecule has 0 aromatic carbocycles. The van der Waals surface area contributed by atoms with Crippen molar-refractivity contribution in [2.24, 2.45) is 0 Å². The first-order valence-corrected chi connectivity index (χ1v) is 5.61. The van der Waals surface area contributed by atoms with Crippen LogP contribution in [0, 0.1) is 0 Å². The van der Waals surface area contributed by atoms with Crippen molar-refractivity contribution in [3.05, 3.63) is 23.2 Å². The van der Waals surface area contributed by atoms with Gasteiger partial charge in [-0.15, -0.1) is 11.3 Å². The Bertz CT molecular complexity index is 388. The fourth-order valence-corrected chi connectivity index (χ4v) is 1.81. The van der Waals surface area contributed by atoms with Crippen LogP contribution in [0.3, 0.4) is 0 Å². The summed E-state index contributed by atoms with van der Waals surface area (Å²) in [6.07, 6.45) is 0. The molecular formula is C11H16N2OS. The van der Waals surface area contributed by atoms with Crippen LogP contribution >= 0.6 is 11.3 Å². The molecule has 0 atom stereocenters. The van der Waals surface area contributed by atoms with Crippen LogP contribution in [0.1, 0.15) is 33.4 Å². The number of amides is 1. The molecule has 1 aromatic heterocycles. The van der Waals surface area contributed by atoms with Gasteiger partial charge in [-0.05, 0) is 6.92 Å². The average Bonchev–Trinajstić information content (AvgIpc) is 2.51. The molecule has 0 radical (unpaired) electrons. The second-order valence-corrected chi connectivity index (χ2v) is 5.38. The highest BCUT2D eigenvalue weighted by atomic mass is 32.1. The minimum absolute atomic E-state index is 0.0166. The van der Waals surface area contributed by atoms with Crippen LogP contribution in [-0.4, -0.2) is 10.9 Å². The summed E-state index contributed by atoms with van der Waals surface area (Å²) in [5.41, 5.74) is 1.50. The summed E-state index contributed by atoms with van der Waals surface area (Å²) < 4.78 is 0. The quantitative estimate of drug-likeness (QED) is 0.785. The Morgan fingerprint density at radius 3 is 2.53 bits per heavy atom. The van der Waals surface area contributed by atoms with E-state index < -0.39 is 0 Å². The van der Waals surface area contributed by atoms with Crippen LogP contribution in [0.4, 0.5) is 5.13 Å². The Hall–Kier alpha value is -1.16. The topological polar surface area (TPSA) is 42.0 Å². The van der Waals surface area contributed by atoms with Crippen LogP contribution in [0.2, 0.25) is 0 Å². The van der Waals surface area contributed by atoms with Gasteiger partial charge in [-0.3, -0.25) is 10.1 Å². The van der Waals surface area contributed by atoms with Crippen molar-refractivity contribution in [2.45, 2.75) is 33.1 Å². The molecule has 0 saturated heterocycles. The molecule has 1 heterocycles. The summed E-state index contributed by atoms with van der Waals surface area (Å²) in [5.74, 6) is -0.176. The number of nitrogens with one attached hydrogen (secondary N) is 1. The molecule has 0 aliphatic heterocycles. The van der Waals surface area contributed by atoms with Gasteiger partial charge in [0.15, 0.2) is 5.13 Å². The number of nitrogens with zero attached hydrogens (tertiary/aromatic N) is 1. The smallest absolute Gasteiger partial charge is 0.252 e. The molecule has 1 N–H and O–H groups in total. The van der Waals surface area contributed by atoms with E-state index in [0.717, 1.165) is 5.69 Å². The number of rotatable bonds is 2. The lowest BCUT2D eigenvalue weighted by atomic mass is 9.93. The van der Waals surface area contributed by atoms with Gasteiger partial charge in [0, 0.05) is 16.4 Å². The normalized spacial score (nSPS) is 11.2. The van der Waals surface area contributed by atoms with E-state index in [0.29, 0.717) is 10.7 Å². The van der Waals surface area contributed by atoms with Gasteiger partial charge in [0.25, 0.3) is 5.91 Å². The molecule has 1 amide bonds. The first-order valence-electron chi connectivity index (χ1n) is 4.73. The van der Waals surface area contributed by atoms with Gasteiger partial charge in [0.05, 0.1) is 5.69 Å². The molecule has 0 spiro atoms. The van der Waals surface area contributed by atoms with E-state index >= 15 is 0 Å². The van der Waals surface area contributed by atoms with E-state index in [9.17, 15) is 4.79 Å². The molecular weight excluding hydrogens is 208 g/mol. The molecule has 0 aliphatic carbocycles. The molecule has 4 heteroatoms. The highest BCUT2D eigenvalue weighted by Gasteiger charge is 2.18. The van der Waals surface area contributed by atoms with Gasteiger partial charge in [0.1, 0.15) is 0 Å². The molecule has 0 saturated carbocycles. The standard InChI is InChI=1S/C11H16N2OS/c1-7(2)9(14)13-10-12-8(6-15-10)11(3,4)5/h6H,1H2,2-5H3,(H,12,13,14). The third kappa shape index (κ3) is 3.16. The van der Waals surface area contributed by atoms with E-state index in [1.807, 2.05) is 5.38 Å². The predicted molar refractivity (Wildman–Crippen MR) is 64.3 cm³/mol. The fourth-order valence-electron chi connectivity index (χ4n) is 0.879. The van der Waals surface area contributed by atoms with E-state index in [-0.39, 0.29) is 11.3 Å². The lowest BCUT2D eigenvalue weighted by Crippen LogP contribution is -2.14. The SMILES string of the molecule is C=C(C)C(=O)Nc1nc(C(C)(C)C)cs1. The Morgan fingerprint density at radius 2 is 2.13 bits per heavy atom. The number of carbonyl (C=O) groups is 1. The molecule has 3 nitrogen and oxygen atoms in total. The largest absolute Gasteiger partial charge is 0.298 e. The van der Waals surface area contributed by atoms with Gasteiger partial charge in [0.2, 0.25) is 0 Å². The molecule has 1 rings (SSSR count). The van der Waals surface area contributed by atoms with Crippen molar-refractivity contribution in [3.8, 4) is 0 Å². The Kier molecular flexibility index (Phi) is 3.29. The monoisotopic (exact) mass is 224 g/mol. The van der Waals surface area contributed by atoms with Crippen molar-refractivity contribution in [2.75, 3.05) is 5.32 Å². The highest BCUT2D eigenvalue weighted by molar-refractivity contribution is 7.14. The zero-order chi connectivity index (χ0) is 11.6. The molecule has 82 valence electrons. The summed E-state index contributed by atoms with van der Waals surface area (Å²) in [6.45, 7) is 11.5. The number of hydrogen-bond acceptors (Lipinski definition) is 3. The zero-order valence-electron chi connectivity index (χ0n) is 9.55. The van der Waals surface area contributed by atoms with Gasteiger partial charge >= 0.3 is 0 Å². The van der Waals surface area contributed by atoms with Gasteiger partial charge in [-0.25, -0.2) is 4.98 Å². The van der Waals surface area contributed by atoms with Gasteiger partial charge in [-0.2, -0.15) is 0 Å². The van der Waals surface area contributed by atoms with Crippen molar-refractivity contribution in [1.82, 2.24) is 4.98 Å². The minimum Gasteiger partial charge on any atom is -0.298 e. The Morgan fingerprint density at radius 1 is 1.53 bits per heavy atom. The van der Waals surface area contributed by atoms with E-state index in [1.54, 1.807) is 6.92 Å². The summed E-state index contributed by atoms with van der Waals surface area (Å²) in [7, 11) is 0. The molecule has 15 heavy (non-hydrogen) atoms. The summed E-state index contributed by atoms with van der Waals surface area (Å²) in [6, 6.07) is 0. The van der Waals surface area contributed by atoms with Crippen LogP contribution in [0.25, 0.3) is 0 Å². The van der Waals surface area contributed by atoms with Gasteiger partial charge < -0.3 is 0 Å². The minimum atomic E-state index is -0.176. The third-order valence-electron chi connectivity index (χ3n) is 1.88. The maximum absolute atomic E-state index is 11.3. The van der Waals surface area contributed by atoms with E-state index in [2.05, 4.69) is 37.7 Å². The fraction of sp³-hybridized carbons (Fsp3) is 0.455. The third-order valence-corrected chi connectivity index (χ3v) is 2.64. The number of anilines is 1. The Labute approximate surface area is 94.2 Å². The zero-order valence-corrected chi connectivity index (χ0v) is 10.4. The number of hydrogen-bond donors (Lipinski definition) is 1. The number of thiazole rings is 1. The highest BCUT2D eigenvalue weighted by Crippen LogP contribution is 2.26. The van der Waals surface area contributed by atoms with Crippen LogP contribution in [-0.2, 0) is 10.2 Å². The van der Waals surface area contributed by atoms with Crippen LogP contribution < -0.4 is 5.32 Å². The van der Waals surface area contributed by atoms with Crippen LogP contribution in [0.5, 0.6) is 0 Å². The number of aromatic nitrogens is 1. The maximum atomic E-state index is 11.3. The predicted octanol–water partition coefficient (Wildman–Crippen LogP) is 2.96. The molecule has 0 aliphatic rings. The van der Waals surface area contributed by atoms with Crippen LogP contribution in [0.15, 0.2) is 17.5 Å². The molecule has 0 fully saturated rings. The lowest BCUT2D eigenvalue weighted by molar-refractivity contribution is -0.112. The second kappa shape index (κ2) is 4.14. The first-order chi connectivity index (χ1) is 6.80. The van der Waals surface area contributed by atoms with Crippen molar-refractivity contribution >= 4 is 22.4 Å². The molecule has 0 unspecified atom stereocenters. The lowest BCUT2D eigenvalue weighted by Gasteiger charge is -2.14. The second-order valence-electron chi connectivity index (χ2n) is 4.52. The number of carbonyl (C=O) groups excluding carboxylic acids is 1. The summed E-state index contributed by atoms with van der Waals surface area (Å²) >= 11 is 1.44.